The fourth-order valence-corrected chi connectivity index (χ4v) is 3.27. The third-order valence-corrected chi connectivity index (χ3v) is 4.42. The van der Waals surface area contributed by atoms with Gasteiger partial charge in [0, 0.05) is 5.56 Å². The lowest BCUT2D eigenvalue weighted by Crippen LogP contribution is -2.34. The molecule has 0 aromatic heterocycles. The predicted molar refractivity (Wildman–Crippen MR) is 88.4 cm³/mol. The maximum absolute atomic E-state index is 10.3. The molecule has 1 atom stereocenters. The molecule has 22 heavy (non-hydrogen) atoms. The van der Waals surface area contributed by atoms with Gasteiger partial charge in [-0.05, 0) is 49.7 Å². The molecule has 1 unspecified atom stereocenters. The minimum absolute atomic E-state index is 0.104. The van der Waals surface area contributed by atoms with Gasteiger partial charge in [-0.2, -0.15) is 0 Å². The summed E-state index contributed by atoms with van der Waals surface area (Å²) >= 11 is 0. The molecule has 2 aromatic carbocycles. The second-order valence-corrected chi connectivity index (χ2v) is 5.83. The van der Waals surface area contributed by atoms with E-state index in [1.54, 1.807) is 13.2 Å². The van der Waals surface area contributed by atoms with Crippen molar-refractivity contribution in [3.8, 4) is 11.5 Å². The van der Waals surface area contributed by atoms with Gasteiger partial charge in [-0.3, -0.25) is 4.90 Å². The van der Waals surface area contributed by atoms with Gasteiger partial charge in [-0.15, -0.1) is 0 Å². The highest BCUT2D eigenvalue weighted by Crippen LogP contribution is 2.36. The van der Waals surface area contributed by atoms with Gasteiger partial charge in [0.15, 0.2) is 0 Å². The van der Waals surface area contributed by atoms with Crippen LogP contribution in [-0.4, -0.2) is 30.2 Å². The largest absolute Gasteiger partial charge is 0.508 e. The van der Waals surface area contributed by atoms with E-state index >= 15 is 0 Å². The quantitative estimate of drug-likeness (QED) is 0.926. The average molecular weight is 297 g/mol. The highest BCUT2D eigenvalue weighted by Gasteiger charge is 2.25. The Hall–Kier alpha value is -2.00. The summed E-state index contributed by atoms with van der Waals surface area (Å²) in [4.78, 5) is 2.47. The fourth-order valence-electron chi connectivity index (χ4n) is 3.27. The molecule has 0 saturated carbocycles. The topological polar surface area (TPSA) is 32.7 Å². The maximum atomic E-state index is 10.3. The van der Waals surface area contributed by atoms with Crippen LogP contribution in [0.2, 0.25) is 0 Å². The first-order chi connectivity index (χ1) is 10.8. The minimum atomic E-state index is 0.104. The zero-order valence-corrected chi connectivity index (χ0v) is 13.0. The van der Waals surface area contributed by atoms with Crippen LogP contribution in [0.5, 0.6) is 11.5 Å². The Morgan fingerprint density at radius 3 is 2.27 bits per heavy atom. The van der Waals surface area contributed by atoms with E-state index in [0.29, 0.717) is 5.75 Å². The molecular formula is C19H23NO2. The number of phenols is 1. The van der Waals surface area contributed by atoms with Crippen molar-refractivity contribution in [1.82, 2.24) is 4.90 Å². The molecule has 1 aliphatic heterocycles. The zero-order chi connectivity index (χ0) is 15.4. The molecule has 2 aromatic rings. The summed E-state index contributed by atoms with van der Waals surface area (Å²) in [6.07, 6.45) is 3.74. The van der Waals surface area contributed by atoms with Crippen LogP contribution < -0.4 is 4.74 Å². The van der Waals surface area contributed by atoms with Gasteiger partial charge in [0.2, 0.25) is 0 Å². The van der Waals surface area contributed by atoms with Crippen LogP contribution in [0.3, 0.4) is 0 Å². The summed E-state index contributed by atoms with van der Waals surface area (Å²) < 4.78 is 5.26. The number of benzene rings is 2. The molecule has 3 rings (SSSR count). The molecular weight excluding hydrogens is 274 g/mol. The van der Waals surface area contributed by atoms with E-state index in [1.807, 2.05) is 30.3 Å². The van der Waals surface area contributed by atoms with E-state index in [0.717, 1.165) is 24.4 Å². The first-order valence-corrected chi connectivity index (χ1v) is 7.95. The van der Waals surface area contributed by atoms with Crippen LogP contribution in [-0.2, 0) is 0 Å². The van der Waals surface area contributed by atoms with E-state index in [2.05, 4.69) is 17.0 Å². The molecule has 1 saturated heterocycles. The number of hydrogen-bond acceptors (Lipinski definition) is 3. The molecule has 0 amide bonds. The monoisotopic (exact) mass is 297 g/mol. The Labute approximate surface area is 132 Å². The smallest absolute Gasteiger partial charge is 0.120 e. The number of piperidine rings is 1. The standard InChI is InChI=1S/C19H23NO2/c1-22-16-11-9-15(10-12-16)19(20-13-5-2-6-14-20)17-7-3-4-8-18(17)21/h3-4,7-12,19,21H,2,5-6,13-14H2,1H3. The third kappa shape index (κ3) is 3.09. The Kier molecular flexibility index (Phi) is 4.64. The number of rotatable bonds is 4. The number of aromatic hydroxyl groups is 1. The SMILES string of the molecule is COc1ccc(C(c2ccccc2O)N2CCCCC2)cc1. The summed E-state index contributed by atoms with van der Waals surface area (Å²) in [5, 5.41) is 10.3. The Morgan fingerprint density at radius 1 is 0.955 bits per heavy atom. The van der Waals surface area contributed by atoms with Crippen molar-refractivity contribution in [3.05, 3.63) is 59.7 Å². The first-order valence-electron chi connectivity index (χ1n) is 7.95. The Balaban J connectivity index is 1.99. The van der Waals surface area contributed by atoms with Crippen molar-refractivity contribution >= 4 is 0 Å². The van der Waals surface area contributed by atoms with E-state index in [4.69, 9.17) is 4.74 Å². The molecule has 1 fully saturated rings. The van der Waals surface area contributed by atoms with Crippen molar-refractivity contribution in [1.29, 1.82) is 0 Å². The van der Waals surface area contributed by atoms with Crippen molar-refractivity contribution in [3.63, 3.8) is 0 Å². The normalized spacial score (nSPS) is 17.1. The fraction of sp³-hybridized carbons (Fsp3) is 0.368. The number of nitrogens with zero attached hydrogens (tertiary/aromatic N) is 1. The average Bonchev–Trinajstić information content (AvgIpc) is 2.58. The molecule has 0 aliphatic carbocycles. The summed E-state index contributed by atoms with van der Waals surface area (Å²) in [7, 11) is 1.68. The van der Waals surface area contributed by atoms with Crippen LogP contribution >= 0.6 is 0 Å². The van der Waals surface area contributed by atoms with Crippen LogP contribution in [0.25, 0.3) is 0 Å². The summed E-state index contributed by atoms with van der Waals surface area (Å²) in [5.41, 5.74) is 2.18. The summed E-state index contributed by atoms with van der Waals surface area (Å²) in [5.74, 6) is 1.23. The van der Waals surface area contributed by atoms with Crippen molar-refractivity contribution in [2.75, 3.05) is 20.2 Å². The maximum Gasteiger partial charge on any atom is 0.120 e. The van der Waals surface area contributed by atoms with Gasteiger partial charge in [-0.1, -0.05) is 36.8 Å². The lowest BCUT2D eigenvalue weighted by Gasteiger charge is -2.35. The molecule has 0 bridgehead atoms. The van der Waals surface area contributed by atoms with Gasteiger partial charge >= 0.3 is 0 Å². The number of methoxy groups -OCH3 is 1. The van der Waals surface area contributed by atoms with Gasteiger partial charge in [0.05, 0.1) is 13.2 Å². The number of likely N-dealkylation sites (tertiary alicyclic amines) is 1. The van der Waals surface area contributed by atoms with E-state index in [-0.39, 0.29) is 6.04 Å². The first kappa shape index (κ1) is 14.9. The number of hydrogen-bond donors (Lipinski definition) is 1. The second kappa shape index (κ2) is 6.84. The Bertz CT molecular complexity index is 603. The van der Waals surface area contributed by atoms with Crippen LogP contribution in [0.1, 0.15) is 36.4 Å². The predicted octanol–water partition coefficient (Wildman–Crippen LogP) is 3.98. The molecule has 1 aliphatic rings. The minimum Gasteiger partial charge on any atom is -0.508 e. The molecule has 116 valence electrons. The van der Waals surface area contributed by atoms with Crippen LogP contribution in [0, 0.1) is 0 Å². The highest BCUT2D eigenvalue weighted by atomic mass is 16.5. The molecule has 0 radical (unpaired) electrons. The van der Waals surface area contributed by atoms with Gasteiger partial charge in [0.25, 0.3) is 0 Å². The Morgan fingerprint density at radius 2 is 1.64 bits per heavy atom. The summed E-state index contributed by atoms with van der Waals surface area (Å²) in [6, 6.07) is 16.0. The van der Waals surface area contributed by atoms with Gasteiger partial charge in [-0.25, -0.2) is 0 Å². The van der Waals surface area contributed by atoms with Gasteiger partial charge < -0.3 is 9.84 Å². The molecule has 0 spiro atoms. The van der Waals surface area contributed by atoms with Crippen molar-refractivity contribution in [2.24, 2.45) is 0 Å². The number of para-hydroxylation sites is 1. The van der Waals surface area contributed by atoms with Crippen LogP contribution in [0.15, 0.2) is 48.5 Å². The highest BCUT2D eigenvalue weighted by molar-refractivity contribution is 5.42. The van der Waals surface area contributed by atoms with Gasteiger partial charge in [0.1, 0.15) is 11.5 Å². The lowest BCUT2D eigenvalue weighted by atomic mass is 9.94. The summed E-state index contributed by atoms with van der Waals surface area (Å²) in [6.45, 7) is 2.15. The number of ether oxygens (including phenoxy) is 1. The zero-order valence-electron chi connectivity index (χ0n) is 13.0. The third-order valence-electron chi connectivity index (χ3n) is 4.42. The molecule has 3 nitrogen and oxygen atoms in total. The molecule has 1 N–H and O–H groups in total. The molecule has 1 heterocycles. The number of phenolic OH excluding ortho intramolecular Hbond substituents is 1. The van der Waals surface area contributed by atoms with E-state index < -0.39 is 0 Å². The van der Waals surface area contributed by atoms with E-state index in [1.165, 1.54) is 24.8 Å². The van der Waals surface area contributed by atoms with Crippen molar-refractivity contribution in [2.45, 2.75) is 25.3 Å². The van der Waals surface area contributed by atoms with Crippen LogP contribution in [0.4, 0.5) is 0 Å². The molecule has 3 heteroatoms. The second-order valence-electron chi connectivity index (χ2n) is 5.83. The van der Waals surface area contributed by atoms with Crippen molar-refractivity contribution < 1.29 is 9.84 Å². The lowest BCUT2D eigenvalue weighted by molar-refractivity contribution is 0.185. The van der Waals surface area contributed by atoms with E-state index in [9.17, 15) is 5.11 Å².